The SMILES string of the molecule is CC[C@H](C(C)C)[C@H](O)C[C@@H](C)[C@H]1[C@@H](OC(C)=O)[C@@H](O[C@@H]2O[C@@H](C)[C@H](O)[C@@H](O)[C@H]2O)[C@H]2[C@@H]3CC=C4C[C@@H](O[C@H]5O[C@@H](CO)[C@H](O)[C@@H](O)[C@@H]5O[C@@H]5O[C@@H](C)[C@H](O)[C@@H](O)[C@H]5O)CC[C@]4(C)[C@H]3CC[C@@]21C. The Morgan fingerprint density at radius 3 is 1.91 bits per heavy atom. The number of ether oxygens (including phenoxy) is 7. The summed E-state index contributed by atoms with van der Waals surface area (Å²) in [7, 11) is 0. The van der Waals surface area contributed by atoms with Gasteiger partial charge in [-0.3, -0.25) is 4.79 Å². The van der Waals surface area contributed by atoms with Gasteiger partial charge in [-0.05, 0) is 105 Å². The van der Waals surface area contributed by atoms with Gasteiger partial charge in [0, 0.05) is 12.8 Å². The molecule has 0 aromatic rings. The molecule has 386 valence electrons. The van der Waals surface area contributed by atoms with Crippen molar-refractivity contribution in [2.75, 3.05) is 6.61 Å². The number of carbonyl (C=O) groups is 1. The Kier molecular flexibility index (Phi) is 16.7. The topological polar surface area (TPSA) is 284 Å². The first kappa shape index (κ1) is 53.4. The first-order valence-electron chi connectivity index (χ1n) is 25.0. The van der Waals surface area contributed by atoms with E-state index in [-0.39, 0.29) is 46.8 Å². The van der Waals surface area contributed by atoms with Crippen molar-refractivity contribution in [3.63, 3.8) is 0 Å². The number of fused-ring (bicyclic) bond motifs is 5. The van der Waals surface area contributed by atoms with Gasteiger partial charge in [0.15, 0.2) is 18.9 Å². The maximum atomic E-state index is 13.1. The average molecular weight is 959 g/mol. The fourth-order valence-electron chi connectivity index (χ4n) is 14.2. The Hall–Kier alpha value is -1.43. The van der Waals surface area contributed by atoms with Crippen molar-refractivity contribution < 1.29 is 89.0 Å². The van der Waals surface area contributed by atoms with Crippen molar-refractivity contribution in [2.24, 2.45) is 52.3 Å². The van der Waals surface area contributed by atoms with Crippen molar-refractivity contribution in [3.8, 4) is 0 Å². The van der Waals surface area contributed by atoms with Crippen molar-refractivity contribution in [1.82, 2.24) is 0 Å². The van der Waals surface area contributed by atoms with Crippen LogP contribution < -0.4 is 0 Å². The molecule has 3 saturated heterocycles. The Labute approximate surface area is 394 Å². The quantitative estimate of drug-likeness (QED) is 0.0860. The summed E-state index contributed by atoms with van der Waals surface area (Å²) in [6, 6.07) is 0. The summed E-state index contributed by atoms with van der Waals surface area (Å²) in [6.45, 7) is 16.8. The molecule has 0 radical (unpaired) electrons. The second-order valence-electron chi connectivity index (χ2n) is 22.2. The zero-order valence-corrected chi connectivity index (χ0v) is 40.7. The molecule has 0 aromatic carbocycles. The molecule has 0 spiro atoms. The van der Waals surface area contributed by atoms with Crippen LogP contribution >= 0.6 is 0 Å². The Balaban J connectivity index is 1.17. The van der Waals surface area contributed by atoms with Crippen LogP contribution in [0.4, 0.5) is 0 Å². The molecule has 6 fully saturated rings. The minimum atomic E-state index is -1.69. The summed E-state index contributed by atoms with van der Waals surface area (Å²) >= 11 is 0. The van der Waals surface area contributed by atoms with Crippen LogP contribution in [0.25, 0.3) is 0 Å². The molecular formula is C49H82O18. The zero-order chi connectivity index (χ0) is 49.2. The zero-order valence-electron chi connectivity index (χ0n) is 40.7. The van der Waals surface area contributed by atoms with Gasteiger partial charge in [-0.15, -0.1) is 0 Å². The first-order valence-corrected chi connectivity index (χ1v) is 25.0. The molecule has 4 aliphatic carbocycles. The predicted molar refractivity (Wildman–Crippen MR) is 237 cm³/mol. The van der Waals surface area contributed by atoms with Gasteiger partial charge in [0.05, 0.1) is 31.0 Å². The van der Waals surface area contributed by atoms with E-state index in [1.165, 1.54) is 19.4 Å². The van der Waals surface area contributed by atoms with Gasteiger partial charge < -0.3 is 84.2 Å². The maximum Gasteiger partial charge on any atom is 0.303 e. The lowest BCUT2D eigenvalue weighted by molar-refractivity contribution is -0.369. The van der Waals surface area contributed by atoms with Gasteiger partial charge >= 0.3 is 5.97 Å². The predicted octanol–water partition coefficient (Wildman–Crippen LogP) is 1.04. The molecule has 18 heteroatoms. The number of hydrogen-bond acceptors (Lipinski definition) is 18. The standard InChI is InChI=1S/C49H82O18/c1-10-27(20(2)3)30(52)17-21(4)32-42(63-24(7)51)43(66-45-40(59)37(56)34(53)22(5)61-45)33-28-12-11-25-18-26(13-15-48(25,8)29(28)14-16-49(32,33)9)64-47-44(39(58)36(55)31(19-50)65-47)67-46-41(60)38(57)35(54)23(6)62-46/h11,20-23,26-47,50,52-60H,10,12-19H2,1-9H3/t21-,22+,23+,26+,27-,28-,29+,30-,31+,32+,33-,34+,35+,36+,37-,38-,39-,40-,41-,42-,43+,44+,45+,46+,47+,48+,49-/m1/s1. The van der Waals surface area contributed by atoms with E-state index in [9.17, 15) is 55.9 Å². The first-order chi connectivity index (χ1) is 31.5. The highest BCUT2D eigenvalue weighted by Gasteiger charge is 2.68. The maximum absolute atomic E-state index is 13.1. The largest absolute Gasteiger partial charge is 0.459 e. The Morgan fingerprint density at radius 1 is 0.761 bits per heavy atom. The van der Waals surface area contributed by atoms with Gasteiger partial charge in [-0.2, -0.15) is 0 Å². The van der Waals surface area contributed by atoms with Crippen molar-refractivity contribution in [1.29, 1.82) is 0 Å². The number of aliphatic hydroxyl groups excluding tert-OH is 10. The van der Waals surface area contributed by atoms with E-state index >= 15 is 0 Å². The molecule has 0 unspecified atom stereocenters. The number of rotatable bonds is 14. The van der Waals surface area contributed by atoms with Gasteiger partial charge in [-0.1, -0.05) is 59.6 Å². The van der Waals surface area contributed by atoms with Gasteiger partial charge in [-0.25, -0.2) is 0 Å². The van der Waals surface area contributed by atoms with E-state index in [1.807, 2.05) is 0 Å². The Morgan fingerprint density at radius 2 is 1.36 bits per heavy atom. The monoisotopic (exact) mass is 959 g/mol. The molecule has 0 aromatic heterocycles. The number of aliphatic hydroxyl groups is 10. The van der Waals surface area contributed by atoms with Crippen molar-refractivity contribution in [2.45, 2.75) is 230 Å². The van der Waals surface area contributed by atoms with E-state index in [2.05, 4.69) is 47.6 Å². The average Bonchev–Trinajstić information content (AvgIpc) is 3.51. The lowest BCUT2D eigenvalue weighted by atomic mass is 9.46. The number of esters is 1. The van der Waals surface area contributed by atoms with Crippen LogP contribution in [0, 0.1) is 52.3 Å². The molecule has 7 aliphatic rings. The molecular weight excluding hydrogens is 877 g/mol. The minimum Gasteiger partial charge on any atom is -0.459 e. The molecule has 10 N–H and O–H groups in total. The third-order valence-electron chi connectivity index (χ3n) is 17.8. The van der Waals surface area contributed by atoms with Gasteiger partial charge in [0.2, 0.25) is 0 Å². The van der Waals surface area contributed by atoms with Gasteiger partial charge in [0.25, 0.3) is 0 Å². The summed E-state index contributed by atoms with van der Waals surface area (Å²) in [5, 5.41) is 108. The summed E-state index contributed by atoms with van der Waals surface area (Å²) < 4.78 is 43.5. The lowest BCUT2D eigenvalue weighted by Crippen LogP contribution is -2.64. The van der Waals surface area contributed by atoms with E-state index < -0.39 is 135 Å². The second kappa shape index (κ2) is 21.0. The molecule has 67 heavy (non-hydrogen) atoms. The van der Waals surface area contributed by atoms with Crippen molar-refractivity contribution in [3.05, 3.63) is 11.6 Å². The van der Waals surface area contributed by atoms with E-state index in [0.29, 0.717) is 32.1 Å². The molecule has 27 atom stereocenters. The van der Waals surface area contributed by atoms with Crippen LogP contribution in [0.5, 0.6) is 0 Å². The van der Waals surface area contributed by atoms with E-state index in [4.69, 9.17) is 33.2 Å². The number of hydrogen-bond donors (Lipinski definition) is 10. The smallest absolute Gasteiger partial charge is 0.303 e. The molecule has 3 saturated carbocycles. The van der Waals surface area contributed by atoms with E-state index in [0.717, 1.165) is 19.3 Å². The molecule has 3 aliphatic heterocycles. The Bertz CT molecular complexity index is 1700. The highest BCUT2D eigenvalue weighted by atomic mass is 16.8. The molecule has 3 heterocycles. The van der Waals surface area contributed by atoms with Crippen LogP contribution in [-0.2, 0) is 38.0 Å². The normalized spacial score (nSPS) is 50.4. The molecule has 0 amide bonds. The fourth-order valence-corrected chi connectivity index (χ4v) is 14.2. The van der Waals surface area contributed by atoms with Crippen LogP contribution in [-0.4, -0.2) is 180 Å². The third kappa shape index (κ3) is 9.93. The summed E-state index contributed by atoms with van der Waals surface area (Å²) in [6.07, 6.45) is -16.0. The second-order valence-corrected chi connectivity index (χ2v) is 22.2. The highest BCUT2D eigenvalue weighted by Crippen LogP contribution is 2.68. The summed E-state index contributed by atoms with van der Waals surface area (Å²) in [5.74, 6) is -0.577. The lowest BCUT2D eigenvalue weighted by Gasteiger charge is -2.59. The van der Waals surface area contributed by atoms with Gasteiger partial charge in [0.1, 0.15) is 73.2 Å². The molecule has 18 nitrogen and oxygen atoms in total. The number of carbonyl (C=O) groups excluding carboxylic acids is 1. The summed E-state index contributed by atoms with van der Waals surface area (Å²) in [4.78, 5) is 13.1. The molecule has 7 rings (SSSR count). The minimum absolute atomic E-state index is 0.0162. The van der Waals surface area contributed by atoms with E-state index in [1.54, 1.807) is 6.92 Å². The van der Waals surface area contributed by atoms with Crippen LogP contribution in [0.3, 0.4) is 0 Å². The highest BCUT2D eigenvalue weighted by molar-refractivity contribution is 5.66. The fraction of sp³-hybridized carbons (Fsp3) is 0.939. The number of allylic oxidation sites excluding steroid dienone is 1. The third-order valence-corrected chi connectivity index (χ3v) is 17.8. The van der Waals surface area contributed by atoms with Crippen LogP contribution in [0.1, 0.15) is 114 Å². The van der Waals surface area contributed by atoms with Crippen LogP contribution in [0.15, 0.2) is 11.6 Å². The van der Waals surface area contributed by atoms with Crippen molar-refractivity contribution >= 4 is 5.97 Å². The summed E-state index contributed by atoms with van der Waals surface area (Å²) in [5.41, 5.74) is 0.404. The molecule has 0 bridgehead atoms. The van der Waals surface area contributed by atoms with Crippen LogP contribution in [0.2, 0.25) is 0 Å².